The predicted octanol–water partition coefficient (Wildman–Crippen LogP) is 1.99. The van der Waals surface area contributed by atoms with Crippen molar-refractivity contribution in [1.82, 2.24) is 4.90 Å². The minimum Gasteiger partial charge on any atom is -0.493 e. The summed E-state index contributed by atoms with van der Waals surface area (Å²) in [4.78, 5) is 24.8. The topological polar surface area (TPSA) is 76.1 Å². The van der Waals surface area contributed by atoms with Crippen molar-refractivity contribution in [2.24, 2.45) is 0 Å². The maximum atomic E-state index is 12.4. The van der Waals surface area contributed by atoms with Gasteiger partial charge in [0.25, 0.3) is 5.91 Å². The summed E-state index contributed by atoms with van der Waals surface area (Å²) in [5, 5.41) is 9.10. The van der Waals surface area contributed by atoms with Gasteiger partial charge in [-0.05, 0) is 31.0 Å². The summed E-state index contributed by atoms with van der Waals surface area (Å²) in [5.74, 6) is -1.75. The van der Waals surface area contributed by atoms with Gasteiger partial charge in [-0.1, -0.05) is 0 Å². The van der Waals surface area contributed by atoms with Crippen molar-refractivity contribution in [2.45, 2.75) is 25.5 Å². The molecule has 6 nitrogen and oxygen atoms in total. The number of halogens is 2. The average Bonchev–Trinajstić information content (AvgIpc) is 2.96. The fourth-order valence-electron chi connectivity index (χ4n) is 2.43. The van der Waals surface area contributed by atoms with Gasteiger partial charge in [0.15, 0.2) is 11.5 Å². The lowest BCUT2D eigenvalue weighted by atomic mass is 10.1. The molecule has 1 fully saturated rings. The molecule has 1 aromatic carbocycles. The van der Waals surface area contributed by atoms with Crippen LogP contribution in [0, 0.1) is 0 Å². The fraction of sp³-hybridized carbons (Fsp3) is 0.429. The van der Waals surface area contributed by atoms with Gasteiger partial charge in [0.05, 0.1) is 7.11 Å². The van der Waals surface area contributed by atoms with Crippen LogP contribution in [-0.4, -0.2) is 48.2 Å². The van der Waals surface area contributed by atoms with Gasteiger partial charge in [-0.3, -0.25) is 4.79 Å². The molecule has 0 saturated carbocycles. The van der Waals surface area contributed by atoms with Gasteiger partial charge >= 0.3 is 12.6 Å². The highest BCUT2D eigenvalue weighted by Gasteiger charge is 2.34. The predicted molar refractivity (Wildman–Crippen MR) is 71.3 cm³/mol. The van der Waals surface area contributed by atoms with E-state index < -0.39 is 24.5 Å². The van der Waals surface area contributed by atoms with Gasteiger partial charge in [0.2, 0.25) is 0 Å². The zero-order valence-electron chi connectivity index (χ0n) is 11.8. The summed E-state index contributed by atoms with van der Waals surface area (Å²) in [5.41, 5.74) is 0.159. The number of carbonyl (C=O) groups excluding carboxylic acids is 1. The Kier molecular flexibility index (Phi) is 4.79. The molecule has 0 aromatic heterocycles. The molecule has 1 amide bonds. The fourth-order valence-corrected chi connectivity index (χ4v) is 2.43. The van der Waals surface area contributed by atoms with Crippen molar-refractivity contribution >= 4 is 11.9 Å². The molecule has 1 aromatic rings. The Morgan fingerprint density at radius 1 is 1.36 bits per heavy atom. The maximum Gasteiger partial charge on any atom is 0.387 e. The van der Waals surface area contributed by atoms with E-state index in [1.807, 2.05) is 0 Å². The molecule has 1 aliphatic rings. The monoisotopic (exact) mass is 315 g/mol. The van der Waals surface area contributed by atoms with Crippen molar-refractivity contribution in [3.05, 3.63) is 23.8 Å². The SMILES string of the molecule is COc1cc(C(=O)N2CCCC2C(=O)O)ccc1OC(F)F. The molecule has 1 N–H and O–H groups in total. The van der Waals surface area contributed by atoms with E-state index in [0.29, 0.717) is 19.4 Å². The summed E-state index contributed by atoms with van der Waals surface area (Å²) in [6.07, 6.45) is 0.997. The van der Waals surface area contributed by atoms with E-state index in [-0.39, 0.29) is 17.1 Å². The Hall–Kier alpha value is -2.38. The number of hydrogen-bond donors (Lipinski definition) is 1. The first-order valence-corrected chi connectivity index (χ1v) is 6.60. The molecular weight excluding hydrogens is 300 g/mol. The number of carboxylic acids is 1. The number of amides is 1. The van der Waals surface area contributed by atoms with E-state index in [9.17, 15) is 18.4 Å². The van der Waals surface area contributed by atoms with Crippen LogP contribution in [-0.2, 0) is 4.79 Å². The summed E-state index contributed by atoms with van der Waals surface area (Å²) >= 11 is 0. The van der Waals surface area contributed by atoms with Crippen LogP contribution in [0.25, 0.3) is 0 Å². The van der Waals surface area contributed by atoms with Gasteiger partial charge < -0.3 is 19.5 Å². The molecule has 0 spiro atoms. The average molecular weight is 315 g/mol. The van der Waals surface area contributed by atoms with Crippen molar-refractivity contribution in [3.63, 3.8) is 0 Å². The van der Waals surface area contributed by atoms with Gasteiger partial charge in [-0.15, -0.1) is 0 Å². The van der Waals surface area contributed by atoms with Crippen LogP contribution in [0.5, 0.6) is 11.5 Å². The first kappa shape index (κ1) is 16.0. The van der Waals surface area contributed by atoms with E-state index >= 15 is 0 Å². The summed E-state index contributed by atoms with van der Waals surface area (Å²) in [7, 11) is 1.26. The number of alkyl halides is 2. The minimum absolute atomic E-state index is 0.0165. The lowest BCUT2D eigenvalue weighted by Gasteiger charge is -2.22. The molecule has 8 heteroatoms. The Balaban J connectivity index is 2.25. The number of methoxy groups -OCH3 is 1. The molecule has 2 rings (SSSR count). The van der Waals surface area contributed by atoms with Gasteiger partial charge in [0.1, 0.15) is 6.04 Å². The summed E-state index contributed by atoms with van der Waals surface area (Å²) in [6.45, 7) is -2.67. The van der Waals surface area contributed by atoms with E-state index in [4.69, 9.17) is 9.84 Å². The molecule has 1 heterocycles. The highest BCUT2D eigenvalue weighted by molar-refractivity contribution is 5.97. The van der Waals surface area contributed by atoms with E-state index in [1.165, 1.54) is 30.2 Å². The molecule has 120 valence electrons. The summed E-state index contributed by atoms with van der Waals surface area (Å²) < 4.78 is 33.7. The largest absolute Gasteiger partial charge is 0.493 e. The number of carbonyl (C=O) groups is 2. The molecule has 1 aliphatic heterocycles. The first-order valence-electron chi connectivity index (χ1n) is 6.60. The number of aliphatic carboxylic acids is 1. The highest BCUT2D eigenvalue weighted by atomic mass is 19.3. The zero-order valence-corrected chi connectivity index (χ0v) is 11.8. The Morgan fingerprint density at radius 3 is 2.68 bits per heavy atom. The maximum absolute atomic E-state index is 12.4. The van der Waals surface area contributed by atoms with Crippen molar-refractivity contribution in [1.29, 1.82) is 0 Å². The van der Waals surface area contributed by atoms with Crippen LogP contribution in [0.3, 0.4) is 0 Å². The number of benzene rings is 1. The first-order chi connectivity index (χ1) is 10.4. The molecule has 0 radical (unpaired) electrons. The quantitative estimate of drug-likeness (QED) is 0.899. The second kappa shape index (κ2) is 6.59. The molecule has 1 atom stereocenters. The normalized spacial score (nSPS) is 17.6. The number of hydrogen-bond acceptors (Lipinski definition) is 4. The molecule has 22 heavy (non-hydrogen) atoms. The second-order valence-corrected chi connectivity index (χ2v) is 4.74. The molecule has 0 bridgehead atoms. The van der Waals surface area contributed by atoms with E-state index in [1.54, 1.807) is 0 Å². The van der Waals surface area contributed by atoms with Crippen LogP contribution in [0.2, 0.25) is 0 Å². The third-order valence-electron chi connectivity index (χ3n) is 3.43. The smallest absolute Gasteiger partial charge is 0.387 e. The Labute approximate surface area is 125 Å². The number of nitrogens with zero attached hydrogens (tertiary/aromatic N) is 1. The highest BCUT2D eigenvalue weighted by Crippen LogP contribution is 2.31. The van der Waals surface area contributed by atoms with Crippen LogP contribution in [0.15, 0.2) is 18.2 Å². The van der Waals surface area contributed by atoms with Crippen LogP contribution in [0.4, 0.5) is 8.78 Å². The van der Waals surface area contributed by atoms with E-state index in [0.717, 1.165) is 0 Å². The number of carboxylic acid groups (broad SMARTS) is 1. The van der Waals surface area contributed by atoms with Gasteiger partial charge in [-0.25, -0.2) is 4.79 Å². The lowest BCUT2D eigenvalue weighted by molar-refractivity contribution is -0.141. The van der Waals surface area contributed by atoms with Crippen molar-refractivity contribution in [2.75, 3.05) is 13.7 Å². The summed E-state index contributed by atoms with van der Waals surface area (Å²) in [6, 6.07) is 2.90. The molecule has 1 unspecified atom stereocenters. The Morgan fingerprint density at radius 2 is 2.09 bits per heavy atom. The third-order valence-corrected chi connectivity index (χ3v) is 3.43. The van der Waals surface area contributed by atoms with Gasteiger partial charge in [0, 0.05) is 12.1 Å². The van der Waals surface area contributed by atoms with Gasteiger partial charge in [-0.2, -0.15) is 8.78 Å². The zero-order chi connectivity index (χ0) is 16.3. The lowest BCUT2D eigenvalue weighted by Crippen LogP contribution is -2.40. The van der Waals surface area contributed by atoms with Crippen molar-refractivity contribution < 1.29 is 33.0 Å². The van der Waals surface area contributed by atoms with Crippen LogP contribution in [0.1, 0.15) is 23.2 Å². The Bertz CT molecular complexity index is 578. The van der Waals surface area contributed by atoms with Crippen molar-refractivity contribution in [3.8, 4) is 11.5 Å². The third kappa shape index (κ3) is 3.26. The molecule has 0 aliphatic carbocycles. The molecular formula is C14H15F2NO5. The number of likely N-dealkylation sites (tertiary alicyclic amines) is 1. The van der Waals surface area contributed by atoms with Crippen LogP contribution < -0.4 is 9.47 Å². The second-order valence-electron chi connectivity index (χ2n) is 4.74. The molecule has 1 saturated heterocycles. The standard InChI is InChI=1S/C14H15F2NO5/c1-21-11-7-8(4-5-10(11)22-14(15)16)12(18)17-6-2-3-9(17)13(19)20/h4-5,7,9,14H,2-3,6H2,1H3,(H,19,20). The van der Waals surface area contributed by atoms with E-state index in [2.05, 4.69) is 4.74 Å². The number of rotatable bonds is 5. The minimum atomic E-state index is -3.01. The number of ether oxygens (including phenoxy) is 2. The van der Waals surface area contributed by atoms with Crippen LogP contribution >= 0.6 is 0 Å².